The van der Waals surface area contributed by atoms with Crippen molar-refractivity contribution in [2.45, 2.75) is 0 Å². The van der Waals surface area contributed by atoms with Crippen molar-refractivity contribution in [1.82, 2.24) is 0 Å². The van der Waals surface area contributed by atoms with Gasteiger partial charge in [0.2, 0.25) is 0 Å². The summed E-state index contributed by atoms with van der Waals surface area (Å²) in [5.74, 6) is -0.816. The van der Waals surface area contributed by atoms with Crippen LogP contribution in [0.25, 0.3) is 0 Å². The Kier molecular flexibility index (Phi) is 3.77. The molecule has 1 aromatic rings. The van der Waals surface area contributed by atoms with E-state index in [0.29, 0.717) is 6.29 Å². The minimum atomic E-state index is -0.874. The molecule has 15 heavy (non-hydrogen) atoms. The lowest BCUT2D eigenvalue weighted by Crippen LogP contribution is -2.03. The summed E-state index contributed by atoms with van der Waals surface area (Å²) in [6, 6.07) is 4.23. The number of carbonyl (C=O) groups is 1. The minimum Gasteiger partial charge on any atom is -0.466 e. The Hall–Kier alpha value is -1.93. The Labute approximate surface area is 85.8 Å². The largest absolute Gasteiger partial charge is 0.466 e. The van der Waals surface area contributed by atoms with Crippen LogP contribution in [0.15, 0.2) is 12.1 Å². The Balaban J connectivity index is 3.14. The maximum absolute atomic E-state index is 13.4. The van der Waals surface area contributed by atoms with E-state index in [9.17, 15) is 9.18 Å². The van der Waals surface area contributed by atoms with Gasteiger partial charge < -0.3 is 9.47 Å². The molecule has 1 aromatic carbocycles. The molecule has 0 saturated carbocycles. The lowest BCUT2D eigenvalue weighted by molar-refractivity contribution is 0.0507. The zero-order valence-corrected chi connectivity index (χ0v) is 7.99. The molecule has 0 aliphatic rings. The van der Waals surface area contributed by atoms with E-state index in [1.54, 1.807) is 6.07 Å². The number of nitrogens with zero attached hydrogens (tertiary/aromatic N) is 1. The molecular weight excluding hydrogens is 201 g/mol. The van der Waals surface area contributed by atoms with Crippen LogP contribution in [0, 0.1) is 17.1 Å². The fraction of sp³-hybridized carbons (Fsp3) is 0.200. The Morgan fingerprint density at radius 3 is 2.87 bits per heavy atom. The molecule has 0 radical (unpaired) electrons. The van der Waals surface area contributed by atoms with Gasteiger partial charge >= 0.3 is 0 Å². The van der Waals surface area contributed by atoms with Crippen LogP contribution in [-0.4, -0.2) is 20.2 Å². The topological polar surface area (TPSA) is 59.3 Å². The van der Waals surface area contributed by atoms with Gasteiger partial charge in [-0.15, -0.1) is 0 Å². The number of hydrogen-bond donors (Lipinski definition) is 0. The molecule has 0 atom stereocenters. The van der Waals surface area contributed by atoms with E-state index in [4.69, 9.17) is 10.00 Å². The van der Waals surface area contributed by atoms with Gasteiger partial charge in [-0.2, -0.15) is 5.26 Å². The molecule has 0 N–H and O–H groups in total. The van der Waals surface area contributed by atoms with Gasteiger partial charge in [0.1, 0.15) is 17.4 Å². The molecule has 78 valence electrons. The van der Waals surface area contributed by atoms with Crippen LogP contribution in [0.4, 0.5) is 4.39 Å². The van der Waals surface area contributed by atoms with Crippen LogP contribution in [0.5, 0.6) is 5.75 Å². The fourth-order valence-electron chi connectivity index (χ4n) is 1.01. The summed E-state index contributed by atoms with van der Waals surface area (Å²) in [6.07, 6.45) is 0.344. The Morgan fingerprint density at radius 2 is 2.33 bits per heavy atom. The third-order valence-electron chi connectivity index (χ3n) is 1.70. The molecule has 0 heterocycles. The summed E-state index contributed by atoms with van der Waals surface area (Å²) in [5.41, 5.74) is -0.465. The first-order valence-electron chi connectivity index (χ1n) is 4.04. The molecule has 0 unspecified atom stereocenters. The predicted octanol–water partition coefficient (Wildman–Crippen LogP) is 1.49. The third kappa shape index (κ3) is 2.30. The first-order valence-corrected chi connectivity index (χ1v) is 4.04. The zero-order chi connectivity index (χ0) is 11.3. The molecule has 0 bridgehead atoms. The first kappa shape index (κ1) is 11.1. The van der Waals surface area contributed by atoms with Gasteiger partial charge in [-0.1, -0.05) is 0 Å². The Bertz CT molecular complexity index is 412. The average molecular weight is 209 g/mol. The monoisotopic (exact) mass is 209 g/mol. The molecule has 0 aliphatic carbocycles. The van der Waals surface area contributed by atoms with E-state index >= 15 is 0 Å². The Morgan fingerprint density at radius 1 is 1.60 bits per heavy atom. The number of halogens is 1. The smallest absolute Gasteiger partial charge is 0.188 e. The summed E-state index contributed by atoms with van der Waals surface area (Å²) in [4.78, 5) is 10.4. The van der Waals surface area contributed by atoms with E-state index in [0.717, 1.165) is 0 Å². The van der Waals surface area contributed by atoms with Crippen molar-refractivity contribution in [2.24, 2.45) is 0 Å². The highest BCUT2D eigenvalue weighted by Crippen LogP contribution is 2.22. The highest BCUT2D eigenvalue weighted by Gasteiger charge is 2.13. The number of hydrogen-bond acceptors (Lipinski definition) is 4. The van der Waals surface area contributed by atoms with Gasteiger partial charge in [-0.25, -0.2) is 4.39 Å². The highest BCUT2D eigenvalue weighted by molar-refractivity contribution is 5.77. The minimum absolute atomic E-state index is 0.0578. The number of aldehydes is 1. The number of rotatable bonds is 4. The predicted molar refractivity (Wildman–Crippen MR) is 49.0 cm³/mol. The van der Waals surface area contributed by atoms with Crippen LogP contribution >= 0.6 is 0 Å². The van der Waals surface area contributed by atoms with Gasteiger partial charge in [0.15, 0.2) is 18.9 Å². The highest BCUT2D eigenvalue weighted by atomic mass is 19.1. The number of methoxy groups -OCH3 is 1. The molecule has 0 aromatic heterocycles. The van der Waals surface area contributed by atoms with E-state index < -0.39 is 5.82 Å². The maximum Gasteiger partial charge on any atom is 0.188 e. The standard InChI is InChI=1S/C10H8FNO3/c1-14-6-15-9-3-2-7(5-13)10(11)8(9)4-12/h2-3,5H,6H2,1H3. The quantitative estimate of drug-likeness (QED) is 0.556. The van der Waals surface area contributed by atoms with Crippen molar-refractivity contribution in [3.8, 4) is 11.8 Å². The molecule has 0 fully saturated rings. The summed E-state index contributed by atoms with van der Waals surface area (Å²) in [7, 11) is 1.40. The van der Waals surface area contributed by atoms with E-state index in [2.05, 4.69) is 4.74 Å². The van der Waals surface area contributed by atoms with E-state index in [1.165, 1.54) is 19.2 Å². The fourth-order valence-corrected chi connectivity index (χ4v) is 1.01. The van der Waals surface area contributed by atoms with Crippen molar-refractivity contribution in [1.29, 1.82) is 5.26 Å². The first-order chi connectivity index (χ1) is 7.24. The summed E-state index contributed by atoms with van der Waals surface area (Å²) in [5, 5.41) is 8.69. The van der Waals surface area contributed by atoms with Crippen LogP contribution in [0.2, 0.25) is 0 Å². The van der Waals surface area contributed by atoms with Gasteiger partial charge in [-0.05, 0) is 12.1 Å². The second kappa shape index (κ2) is 5.08. The van der Waals surface area contributed by atoms with Crippen LogP contribution in [-0.2, 0) is 4.74 Å². The number of ether oxygens (including phenoxy) is 2. The van der Waals surface area contributed by atoms with Crippen molar-refractivity contribution < 1.29 is 18.7 Å². The van der Waals surface area contributed by atoms with E-state index in [-0.39, 0.29) is 23.7 Å². The molecular formula is C10H8FNO3. The summed E-state index contributed by atoms with van der Waals surface area (Å²) < 4.78 is 23.0. The molecule has 1 rings (SSSR count). The van der Waals surface area contributed by atoms with Crippen molar-refractivity contribution in [3.63, 3.8) is 0 Å². The second-order valence-electron chi connectivity index (χ2n) is 2.62. The van der Waals surface area contributed by atoms with Crippen molar-refractivity contribution in [2.75, 3.05) is 13.9 Å². The average Bonchev–Trinajstić information content (AvgIpc) is 2.26. The lowest BCUT2D eigenvalue weighted by atomic mass is 10.1. The maximum atomic E-state index is 13.4. The van der Waals surface area contributed by atoms with Gasteiger partial charge in [0.25, 0.3) is 0 Å². The normalized spacial score (nSPS) is 9.40. The van der Waals surface area contributed by atoms with Gasteiger partial charge in [0, 0.05) is 7.11 Å². The molecule has 0 spiro atoms. The van der Waals surface area contributed by atoms with Gasteiger partial charge in [-0.3, -0.25) is 4.79 Å². The van der Waals surface area contributed by atoms with Crippen molar-refractivity contribution >= 4 is 6.29 Å². The number of carbonyl (C=O) groups excluding carboxylic acids is 1. The summed E-state index contributed by atoms with van der Waals surface area (Å²) in [6.45, 7) is -0.0887. The van der Waals surface area contributed by atoms with Crippen LogP contribution in [0.3, 0.4) is 0 Å². The SMILES string of the molecule is COCOc1ccc(C=O)c(F)c1C#N. The lowest BCUT2D eigenvalue weighted by Gasteiger charge is -2.07. The molecule has 0 amide bonds. The summed E-state index contributed by atoms with van der Waals surface area (Å²) >= 11 is 0. The zero-order valence-electron chi connectivity index (χ0n) is 7.99. The van der Waals surface area contributed by atoms with E-state index in [1.807, 2.05) is 0 Å². The molecule has 0 aliphatic heterocycles. The van der Waals surface area contributed by atoms with Crippen LogP contribution in [0.1, 0.15) is 15.9 Å². The molecule has 5 heteroatoms. The van der Waals surface area contributed by atoms with Gasteiger partial charge in [0.05, 0.1) is 5.56 Å². The number of benzene rings is 1. The second-order valence-corrected chi connectivity index (χ2v) is 2.62. The molecule has 4 nitrogen and oxygen atoms in total. The third-order valence-corrected chi connectivity index (χ3v) is 1.70. The number of nitriles is 1. The molecule has 0 saturated heterocycles. The van der Waals surface area contributed by atoms with Crippen LogP contribution < -0.4 is 4.74 Å². The van der Waals surface area contributed by atoms with Crippen molar-refractivity contribution in [3.05, 3.63) is 29.1 Å².